The third-order valence-electron chi connectivity index (χ3n) is 3.53. The van der Waals surface area contributed by atoms with Crippen LogP contribution in [0.1, 0.15) is 31.7 Å². The number of benzene rings is 1. The monoisotopic (exact) mass is 417 g/mol. The highest BCUT2D eigenvalue weighted by atomic mass is 127. The Kier molecular flexibility index (Phi) is 9.27. The van der Waals surface area contributed by atoms with E-state index < -0.39 is 0 Å². The van der Waals surface area contributed by atoms with E-state index in [1.807, 2.05) is 12.1 Å². The molecule has 5 heteroatoms. The highest BCUT2D eigenvalue weighted by Crippen LogP contribution is 2.32. The lowest BCUT2D eigenvalue weighted by Crippen LogP contribution is -2.39. The molecule has 1 fully saturated rings. The van der Waals surface area contributed by atoms with Gasteiger partial charge >= 0.3 is 0 Å². The van der Waals surface area contributed by atoms with Gasteiger partial charge in [-0.15, -0.1) is 24.0 Å². The van der Waals surface area contributed by atoms with Crippen molar-refractivity contribution < 1.29 is 4.74 Å². The van der Waals surface area contributed by atoms with Crippen molar-refractivity contribution in [2.75, 3.05) is 26.2 Å². The molecule has 0 aliphatic heterocycles. The Morgan fingerprint density at radius 3 is 2.59 bits per heavy atom. The summed E-state index contributed by atoms with van der Waals surface area (Å²) in [6.07, 6.45) is 4.00. The van der Waals surface area contributed by atoms with Crippen molar-refractivity contribution in [2.24, 2.45) is 10.9 Å². The first-order valence-electron chi connectivity index (χ1n) is 7.99. The second-order valence-corrected chi connectivity index (χ2v) is 5.58. The largest absolute Gasteiger partial charge is 0.492 e. The molecule has 0 radical (unpaired) electrons. The molecule has 1 aromatic rings. The number of rotatable bonds is 8. The molecular formula is C17H28IN3O. The standard InChI is InChI=1S/C17H27N3O.HI/c1-3-18-17(19-11-10-15-6-7-15)20-12-13-21-16-8-4-14(2)5-9-16;/h4-5,8-9,15H,3,6-7,10-13H2,1-2H3,(H2,18,19,20);1H. The summed E-state index contributed by atoms with van der Waals surface area (Å²) in [5.74, 6) is 2.74. The van der Waals surface area contributed by atoms with Gasteiger partial charge < -0.3 is 15.4 Å². The SMILES string of the molecule is CCNC(=NCCC1CC1)NCCOc1ccc(C)cc1.I. The Hall–Kier alpha value is -0.980. The van der Waals surface area contributed by atoms with Crippen LogP contribution in [0.2, 0.25) is 0 Å². The predicted octanol–water partition coefficient (Wildman–Crippen LogP) is 3.35. The van der Waals surface area contributed by atoms with Crippen LogP contribution in [0, 0.1) is 12.8 Å². The summed E-state index contributed by atoms with van der Waals surface area (Å²) in [6.45, 7) is 7.35. The number of aliphatic imine (C=N–C) groups is 1. The van der Waals surface area contributed by atoms with Gasteiger partial charge in [-0.25, -0.2) is 0 Å². The summed E-state index contributed by atoms with van der Waals surface area (Å²) in [5, 5.41) is 6.58. The lowest BCUT2D eigenvalue weighted by atomic mass is 10.2. The van der Waals surface area contributed by atoms with E-state index in [1.165, 1.54) is 24.8 Å². The second-order valence-electron chi connectivity index (χ2n) is 5.58. The first kappa shape index (κ1) is 19.1. The van der Waals surface area contributed by atoms with E-state index in [2.05, 4.69) is 41.6 Å². The zero-order valence-corrected chi connectivity index (χ0v) is 15.9. The zero-order chi connectivity index (χ0) is 14.9. The van der Waals surface area contributed by atoms with Crippen molar-refractivity contribution in [3.63, 3.8) is 0 Å². The topological polar surface area (TPSA) is 45.7 Å². The van der Waals surface area contributed by atoms with Crippen LogP contribution >= 0.6 is 24.0 Å². The van der Waals surface area contributed by atoms with Crippen molar-refractivity contribution in [2.45, 2.75) is 33.1 Å². The lowest BCUT2D eigenvalue weighted by molar-refractivity contribution is 0.322. The quantitative estimate of drug-likeness (QED) is 0.295. The molecule has 0 bridgehead atoms. The maximum Gasteiger partial charge on any atom is 0.191 e. The van der Waals surface area contributed by atoms with Gasteiger partial charge in [-0.05, 0) is 38.3 Å². The van der Waals surface area contributed by atoms with E-state index in [0.29, 0.717) is 6.61 Å². The Bertz CT molecular complexity index is 444. The summed E-state index contributed by atoms with van der Waals surface area (Å²) < 4.78 is 5.70. The third-order valence-corrected chi connectivity index (χ3v) is 3.53. The molecule has 0 atom stereocenters. The Morgan fingerprint density at radius 1 is 1.23 bits per heavy atom. The van der Waals surface area contributed by atoms with E-state index in [0.717, 1.165) is 37.3 Å². The van der Waals surface area contributed by atoms with Crippen LogP contribution in [-0.4, -0.2) is 32.2 Å². The molecule has 1 aromatic carbocycles. The maximum absolute atomic E-state index is 5.70. The fraction of sp³-hybridized carbons (Fsp3) is 0.588. The van der Waals surface area contributed by atoms with Crippen molar-refractivity contribution in [3.05, 3.63) is 29.8 Å². The van der Waals surface area contributed by atoms with Crippen molar-refractivity contribution in [1.82, 2.24) is 10.6 Å². The Morgan fingerprint density at radius 2 is 1.95 bits per heavy atom. The van der Waals surface area contributed by atoms with Crippen molar-refractivity contribution in [3.8, 4) is 5.75 Å². The van der Waals surface area contributed by atoms with Crippen LogP contribution < -0.4 is 15.4 Å². The first-order valence-corrected chi connectivity index (χ1v) is 7.99. The van der Waals surface area contributed by atoms with E-state index in [9.17, 15) is 0 Å². The summed E-state index contributed by atoms with van der Waals surface area (Å²) in [4.78, 5) is 4.59. The number of halogens is 1. The van der Waals surface area contributed by atoms with E-state index in [4.69, 9.17) is 4.74 Å². The molecule has 0 unspecified atom stereocenters. The van der Waals surface area contributed by atoms with Gasteiger partial charge in [0.15, 0.2) is 5.96 Å². The van der Waals surface area contributed by atoms with Gasteiger partial charge in [-0.2, -0.15) is 0 Å². The summed E-state index contributed by atoms with van der Waals surface area (Å²) in [6, 6.07) is 8.13. The average molecular weight is 417 g/mol. The molecule has 1 saturated carbocycles. The number of nitrogens with zero attached hydrogens (tertiary/aromatic N) is 1. The van der Waals surface area contributed by atoms with Crippen LogP contribution in [-0.2, 0) is 0 Å². The van der Waals surface area contributed by atoms with Gasteiger partial charge in [0, 0.05) is 13.1 Å². The third kappa shape index (κ3) is 7.87. The van der Waals surface area contributed by atoms with E-state index in [1.54, 1.807) is 0 Å². The minimum Gasteiger partial charge on any atom is -0.492 e. The summed E-state index contributed by atoms with van der Waals surface area (Å²) >= 11 is 0. The highest BCUT2D eigenvalue weighted by Gasteiger charge is 2.20. The normalized spacial score (nSPS) is 14.2. The highest BCUT2D eigenvalue weighted by molar-refractivity contribution is 14.0. The minimum absolute atomic E-state index is 0. The fourth-order valence-electron chi connectivity index (χ4n) is 2.08. The molecule has 1 aliphatic rings. The maximum atomic E-state index is 5.70. The lowest BCUT2D eigenvalue weighted by Gasteiger charge is -2.12. The average Bonchev–Trinajstić information content (AvgIpc) is 3.29. The van der Waals surface area contributed by atoms with Gasteiger partial charge in [-0.1, -0.05) is 30.5 Å². The molecule has 2 rings (SSSR count). The molecule has 0 aromatic heterocycles. The van der Waals surface area contributed by atoms with Gasteiger partial charge in [0.25, 0.3) is 0 Å². The minimum atomic E-state index is 0. The molecule has 0 saturated heterocycles. The van der Waals surface area contributed by atoms with Crippen LogP contribution in [0.5, 0.6) is 5.75 Å². The van der Waals surface area contributed by atoms with Gasteiger partial charge in [-0.3, -0.25) is 4.99 Å². The molecule has 0 amide bonds. The number of guanidine groups is 1. The smallest absolute Gasteiger partial charge is 0.191 e. The van der Waals surface area contributed by atoms with Crippen LogP contribution in [0.3, 0.4) is 0 Å². The number of nitrogens with one attached hydrogen (secondary N) is 2. The number of hydrogen-bond acceptors (Lipinski definition) is 2. The van der Waals surface area contributed by atoms with Gasteiger partial charge in [0.2, 0.25) is 0 Å². The molecular weight excluding hydrogens is 389 g/mol. The number of aryl methyl sites for hydroxylation is 1. The van der Waals surface area contributed by atoms with Crippen LogP contribution in [0.25, 0.3) is 0 Å². The number of hydrogen-bond donors (Lipinski definition) is 2. The second kappa shape index (κ2) is 10.7. The van der Waals surface area contributed by atoms with E-state index in [-0.39, 0.29) is 24.0 Å². The van der Waals surface area contributed by atoms with Gasteiger partial charge in [0.1, 0.15) is 12.4 Å². The molecule has 0 spiro atoms. The number of ether oxygens (including phenoxy) is 1. The Balaban J connectivity index is 0.00000242. The van der Waals surface area contributed by atoms with E-state index >= 15 is 0 Å². The molecule has 0 heterocycles. The van der Waals surface area contributed by atoms with Crippen molar-refractivity contribution >= 4 is 29.9 Å². The van der Waals surface area contributed by atoms with Crippen molar-refractivity contribution in [1.29, 1.82) is 0 Å². The molecule has 124 valence electrons. The fourth-order valence-corrected chi connectivity index (χ4v) is 2.08. The summed E-state index contributed by atoms with van der Waals surface area (Å²) in [7, 11) is 0. The molecule has 22 heavy (non-hydrogen) atoms. The molecule has 1 aliphatic carbocycles. The van der Waals surface area contributed by atoms with Crippen LogP contribution in [0.4, 0.5) is 0 Å². The molecule has 4 nitrogen and oxygen atoms in total. The van der Waals surface area contributed by atoms with Gasteiger partial charge in [0.05, 0.1) is 6.54 Å². The van der Waals surface area contributed by atoms with Crippen LogP contribution in [0.15, 0.2) is 29.3 Å². The zero-order valence-electron chi connectivity index (χ0n) is 13.6. The Labute approximate surface area is 151 Å². The molecule has 2 N–H and O–H groups in total. The summed E-state index contributed by atoms with van der Waals surface area (Å²) in [5.41, 5.74) is 1.25. The first-order chi connectivity index (χ1) is 10.3. The predicted molar refractivity (Wildman–Crippen MR) is 103 cm³/mol.